The quantitative estimate of drug-likeness (QED) is 0.285. The first kappa shape index (κ1) is 22.3. The zero-order valence-electron chi connectivity index (χ0n) is 18.9. The van der Waals surface area contributed by atoms with E-state index in [1.165, 1.54) is 23.1 Å². The lowest BCUT2D eigenvalue weighted by Crippen LogP contribution is -2.36. The van der Waals surface area contributed by atoms with Crippen molar-refractivity contribution in [3.63, 3.8) is 0 Å². The second kappa shape index (κ2) is 9.70. The zero-order chi connectivity index (χ0) is 22.6. The molecule has 0 amide bonds. The molecule has 4 rings (SSSR count). The van der Waals surface area contributed by atoms with E-state index in [0.717, 1.165) is 53.1 Å². The van der Waals surface area contributed by atoms with E-state index in [4.69, 9.17) is 4.74 Å². The third-order valence-corrected chi connectivity index (χ3v) is 7.44. The van der Waals surface area contributed by atoms with E-state index in [0.29, 0.717) is 0 Å². The molecule has 0 heterocycles. The van der Waals surface area contributed by atoms with Crippen molar-refractivity contribution >= 4 is 29.6 Å². The number of anilines is 2. The SMILES string of the molecule is CNc1c(C(C)c2ccccc2)cc(NSc2ccccc2OC)cc1C1(C=O)CCC1. The second-order valence-corrected chi connectivity index (χ2v) is 9.20. The summed E-state index contributed by atoms with van der Waals surface area (Å²) >= 11 is 1.52. The first-order valence-corrected chi connectivity index (χ1v) is 11.9. The van der Waals surface area contributed by atoms with Gasteiger partial charge in [-0.3, -0.25) is 0 Å². The largest absolute Gasteiger partial charge is 0.496 e. The third kappa shape index (κ3) is 4.22. The van der Waals surface area contributed by atoms with Crippen molar-refractivity contribution in [2.24, 2.45) is 0 Å². The van der Waals surface area contributed by atoms with E-state index in [2.05, 4.69) is 53.4 Å². The molecule has 3 aromatic carbocycles. The molecule has 166 valence electrons. The van der Waals surface area contributed by atoms with Crippen LogP contribution in [-0.2, 0) is 10.2 Å². The van der Waals surface area contributed by atoms with Crippen LogP contribution >= 0.6 is 11.9 Å². The molecule has 1 aliphatic carbocycles. The highest BCUT2D eigenvalue weighted by Gasteiger charge is 2.41. The molecule has 1 fully saturated rings. The Hall–Kier alpha value is -2.92. The van der Waals surface area contributed by atoms with Gasteiger partial charge in [0.15, 0.2) is 0 Å². The van der Waals surface area contributed by atoms with Crippen LogP contribution in [0.4, 0.5) is 11.4 Å². The molecular weight excluding hydrogens is 416 g/mol. The Morgan fingerprint density at radius 2 is 1.78 bits per heavy atom. The van der Waals surface area contributed by atoms with Gasteiger partial charge in [-0.25, -0.2) is 0 Å². The van der Waals surface area contributed by atoms with Gasteiger partial charge in [-0.15, -0.1) is 0 Å². The van der Waals surface area contributed by atoms with Gasteiger partial charge in [0, 0.05) is 24.3 Å². The van der Waals surface area contributed by atoms with Crippen molar-refractivity contribution in [1.29, 1.82) is 0 Å². The number of carbonyl (C=O) groups excluding carboxylic acids is 1. The molecule has 0 aliphatic heterocycles. The van der Waals surface area contributed by atoms with E-state index < -0.39 is 5.41 Å². The summed E-state index contributed by atoms with van der Waals surface area (Å²) in [7, 11) is 3.64. The first-order valence-electron chi connectivity index (χ1n) is 11.0. The predicted octanol–water partition coefficient (Wildman–Crippen LogP) is 6.63. The summed E-state index contributed by atoms with van der Waals surface area (Å²) in [5, 5.41) is 3.43. The number of hydrogen-bond acceptors (Lipinski definition) is 5. The number of para-hydroxylation sites is 1. The van der Waals surface area contributed by atoms with Gasteiger partial charge in [-0.2, -0.15) is 0 Å². The Morgan fingerprint density at radius 1 is 1.06 bits per heavy atom. The summed E-state index contributed by atoms with van der Waals surface area (Å²) in [6.07, 6.45) is 4.03. The van der Waals surface area contributed by atoms with Crippen molar-refractivity contribution in [3.05, 3.63) is 83.4 Å². The zero-order valence-corrected chi connectivity index (χ0v) is 19.7. The molecule has 0 radical (unpaired) electrons. The fraction of sp³-hybridized carbons (Fsp3) is 0.296. The van der Waals surface area contributed by atoms with E-state index in [1.807, 2.05) is 37.4 Å². The van der Waals surface area contributed by atoms with Gasteiger partial charge in [0.2, 0.25) is 0 Å². The lowest BCUT2D eigenvalue weighted by Gasteiger charge is -2.39. The molecule has 1 saturated carbocycles. The van der Waals surface area contributed by atoms with Crippen molar-refractivity contribution in [1.82, 2.24) is 0 Å². The topological polar surface area (TPSA) is 50.4 Å². The number of aldehydes is 1. The molecule has 1 aliphatic rings. The smallest absolute Gasteiger partial charge is 0.134 e. The van der Waals surface area contributed by atoms with E-state index in [1.54, 1.807) is 7.11 Å². The van der Waals surface area contributed by atoms with E-state index >= 15 is 0 Å². The van der Waals surface area contributed by atoms with Crippen molar-refractivity contribution in [3.8, 4) is 5.75 Å². The Bertz CT molecular complexity index is 1080. The fourth-order valence-electron chi connectivity index (χ4n) is 4.48. The van der Waals surface area contributed by atoms with Crippen LogP contribution in [0.2, 0.25) is 0 Å². The number of benzene rings is 3. The molecule has 3 aromatic rings. The van der Waals surface area contributed by atoms with Gasteiger partial charge in [0.1, 0.15) is 12.0 Å². The normalized spacial score (nSPS) is 15.3. The van der Waals surface area contributed by atoms with Gasteiger partial charge in [0.05, 0.1) is 17.4 Å². The van der Waals surface area contributed by atoms with Crippen LogP contribution in [-0.4, -0.2) is 20.4 Å². The maximum absolute atomic E-state index is 12.2. The number of nitrogens with one attached hydrogen (secondary N) is 2. The highest BCUT2D eigenvalue weighted by Crippen LogP contribution is 2.48. The minimum Gasteiger partial charge on any atom is -0.496 e. The van der Waals surface area contributed by atoms with Gasteiger partial charge in [-0.1, -0.05) is 55.8 Å². The molecule has 1 unspecified atom stereocenters. The Labute approximate surface area is 194 Å². The standard InChI is InChI=1S/C27H30N2O2S/c1-19(20-10-5-4-6-11-20)22-16-21(29-32-25-13-8-7-12-24(25)31-3)17-23(26(22)28-2)27(18-30)14-9-15-27/h4-8,10-13,16-19,28-29H,9,14-15H2,1-3H3. The van der Waals surface area contributed by atoms with Gasteiger partial charge in [-0.05, 0) is 65.7 Å². The molecular formula is C27H30N2O2S. The lowest BCUT2D eigenvalue weighted by atomic mass is 9.64. The maximum atomic E-state index is 12.2. The first-order chi connectivity index (χ1) is 15.6. The lowest BCUT2D eigenvalue weighted by molar-refractivity contribution is -0.115. The van der Waals surface area contributed by atoms with Crippen molar-refractivity contribution in [2.75, 3.05) is 24.2 Å². The summed E-state index contributed by atoms with van der Waals surface area (Å²) < 4.78 is 9.01. The Balaban J connectivity index is 1.77. The minimum absolute atomic E-state index is 0.180. The molecule has 5 heteroatoms. The molecule has 2 N–H and O–H groups in total. The second-order valence-electron chi connectivity index (χ2n) is 8.35. The van der Waals surface area contributed by atoms with E-state index in [-0.39, 0.29) is 5.92 Å². The third-order valence-electron chi connectivity index (χ3n) is 6.54. The summed E-state index contributed by atoms with van der Waals surface area (Å²) in [5.41, 5.74) is 5.17. The Morgan fingerprint density at radius 3 is 2.41 bits per heavy atom. The number of ether oxygens (including phenoxy) is 1. The highest BCUT2D eigenvalue weighted by atomic mass is 32.2. The van der Waals surface area contributed by atoms with Gasteiger partial charge in [0.25, 0.3) is 0 Å². The minimum atomic E-state index is -0.406. The van der Waals surface area contributed by atoms with Crippen LogP contribution in [0.25, 0.3) is 0 Å². The molecule has 0 spiro atoms. The molecule has 0 bridgehead atoms. The summed E-state index contributed by atoms with van der Waals surface area (Å²) in [6, 6.07) is 22.8. The fourth-order valence-corrected chi connectivity index (χ4v) is 5.23. The van der Waals surface area contributed by atoms with E-state index in [9.17, 15) is 4.79 Å². The Kier molecular flexibility index (Phi) is 6.75. The van der Waals surface area contributed by atoms with Crippen LogP contribution in [0.15, 0.2) is 71.6 Å². The molecule has 1 atom stereocenters. The van der Waals surface area contributed by atoms with Gasteiger partial charge < -0.3 is 19.6 Å². The van der Waals surface area contributed by atoms with Crippen LogP contribution in [0.1, 0.15) is 48.8 Å². The summed E-state index contributed by atoms with van der Waals surface area (Å²) in [5.74, 6) is 1.01. The molecule has 4 nitrogen and oxygen atoms in total. The van der Waals surface area contributed by atoms with Crippen LogP contribution < -0.4 is 14.8 Å². The average Bonchev–Trinajstić information content (AvgIpc) is 2.82. The molecule has 0 saturated heterocycles. The number of carbonyl (C=O) groups is 1. The number of rotatable bonds is 9. The molecule has 32 heavy (non-hydrogen) atoms. The predicted molar refractivity (Wildman–Crippen MR) is 134 cm³/mol. The maximum Gasteiger partial charge on any atom is 0.134 e. The van der Waals surface area contributed by atoms with Gasteiger partial charge >= 0.3 is 0 Å². The highest BCUT2D eigenvalue weighted by molar-refractivity contribution is 8.00. The number of methoxy groups -OCH3 is 1. The summed E-state index contributed by atoms with van der Waals surface area (Å²) in [4.78, 5) is 13.2. The van der Waals surface area contributed by atoms with Crippen LogP contribution in [0.3, 0.4) is 0 Å². The van der Waals surface area contributed by atoms with Crippen molar-refractivity contribution < 1.29 is 9.53 Å². The van der Waals surface area contributed by atoms with Crippen LogP contribution in [0, 0.1) is 0 Å². The van der Waals surface area contributed by atoms with Crippen molar-refractivity contribution in [2.45, 2.75) is 42.4 Å². The number of hydrogen-bond donors (Lipinski definition) is 2. The van der Waals surface area contributed by atoms with Crippen LogP contribution in [0.5, 0.6) is 5.75 Å². The average molecular weight is 447 g/mol. The molecule has 0 aromatic heterocycles. The summed E-state index contributed by atoms with van der Waals surface area (Å²) in [6.45, 7) is 2.22. The monoisotopic (exact) mass is 446 g/mol.